The van der Waals surface area contributed by atoms with Crippen LogP contribution in [0.15, 0.2) is 108 Å². The molecule has 4 aromatic carbocycles. The number of carbonyl (C=O) groups is 3. The van der Waals surface area contributed by atoms with Gasteiger partial charge in [0.15, 0.2) is 11.5 Å². The first-order valence-electron chi connectivity index (χ1n) is 13.2. The van der Waals surface area contributed by atoms with E-state index in [1.807, 2.05) is 6.07 Å². The topological polar surface area (TPSA) is 115 Å². The molecule has 9 nitrogen and oxygen atoms in total. The first-order chi connectivity index (χ1) is 20.9. The van der Waals surface area contributed by atoms with E-state index in [9.17, 15) is 14.4 Å². The molecule has 0 atom stereocenters. The summed E-state index contributed by atoms with van der Waals surface area (Å²) in [5.74, 6) is 0.743. The molecule has 43 heavy (non-hydrogen) atoms. The van der Waals surface area contributed by atoms with Gasteiger partial charge >= 0.3 is 0 Å². The van der Waals surface area contributed by atoms with Gasteiger partial charge in [-0.15, -0.1) is 11.8 Å². The third-order valence-corrected chi connectivity index (χ3v) is 7.08. The van der Waals surface area contributed by atoms with Gasteiger partial charge in [0.1, 0.15) is 11.4 Å². The van der Waals surface area contributed by atoms with Crippen LogP contribution in [-0.4, -0.2) is 44.8 Å². The molecule has 0 fully saturated rings. The number of nitrogens with one attached hydrogen (secondary N) is 3. The lowest BCUT2D eigenvalue weighted by Crippen LogP contribution is -2.30. The fraction of sp³-hybridized carbons (Fsp3) is 0.121. The largest absolute Gasteiger partial charge is 0.497 e. The Morgan fingerprint density at radius 3 is 2.16 bits per heavy atom. The number of methoxy groups -OCH3 is 3. The van der Waals surface area contributed by atoms with Crippen molar-refractivity contribution in [3.8, 4) is 17.2 Å². The van der Waals surface area contributed by atoms with E-state index in [0.717, 1.165) is 4.90 Å². The second-order valence-electron chi connectivity index (χ2n) is 9.04. The third kappa shape index (κ3) is 8.88. The van der Waals surface area contributed by atoms with E-state index in [0.29, 0.717) is 39.8 Å². The zero-order valence-electron chi connectivity index (χ0n) is 23.9. The zero-order valence-corrected chi connectivity index (χ0v) is 24.7. The van der Waals surface area contributed by atoms with Crippen molar-refractivity contribution in [3.63, 3.8) is 0 Å². The number of ether oxygens (including phenoxy) is 3. The molecule has 3 N–H and O–H groups in total. The van der Waals surface area contributed by atoms with Crippen LogP contribution < -0.4 is 30.2 Å². The van der Waals surface area contributed by atoms with Crippen molar-refractivity contribution in [2.45, 2.75) is 4.90 Å². The highest BCUT2D eigenvalue weighted by Gasteiger charge is 2.16. The van der Waals surface area contributed by atoms with Gasteiger partial charge in [0, 0.05) is 21.8 Å². The van der Waals surface area contributed by atoms with Crippen LogP contribution in [0.2, 0.25) is 0 Å². The summed E-state index contributed by atoms with van der Waals surface area (Å²) in [5, 5.41) is 8.42. The summed E-state index contributed by atoms with van der Waals surface area (Å²) in [4.78, 5) is 39.7. The third-order valence-electron chi connectivity index (χ3n) is 6.08. The summed E-state index contributed by atoms with van der Waals surface area (Å²) in [6.07, 6.45) is 1.56. The highest BCUT2D eigenvalue weighted by atomic mass is 32.2. The van der Waals surface area contributed by atoms with Crippen LogP contribution in [0.25, 0.3) is 6.08 Å². The molecule has 0 bridgehead atoms. The van der Waals surface area contributed by atoms with Crippen LogP contribution >= 0.6 is 11.8 Å². The summed E-state index contributed by atoms with van der Waals surface area (Å²) in [5.41, 5.74) is 2.21. The second kappa shape index (κ2) is 15.1. The Morgan fingerprint density at radius 2 is 1.47 bits per heavy atom. The Morgan fingerprint density at radius 1 is 0.721 bits per heavy atom. The quantitative estimate of drug-likeness (QED) is 0.139. The lowest BCUT2D eigenvalue weighted by molar-refractivity contribution is -0.114. The van der Waals surface area contributed by atoms with E-state index in [1.165, 1.54) is 26.0 Å². The van der Waals surface area contributed by atoms with E-state index >= 15 is 0 Å². The molecule has 0 radical (unpaired) electrons. The number of amides is 3. The van der Waals surface area contributed by atoms with Gasteiger partial charge in [0.25, 0.3) is 11.8 Å². The van der Waals surface area contributed by atoms with Crippen molar-refractivity contribution in [1.29, 1.82) is 0 Å². The number of thioether (sulfide) groups is 1. The zero-order chi connectivity index (χ0) is 30.6. The first-order valence-corrected chi connectivity index (χ1v) is 14.2. The molecule has 0 aliphatic heterocycles. The summed E-state index contributed by atoms with van der Waals surface area (Å²) in [6.45, 7) is 0. The molecule has 0 aromatic heterocycles. The highest BCUT2D eigenvalue weighted by molar-refractivity contribution is 8.00. The Bertz CT molecular complexity index is 1610. The van der Waals surface area contributed by atoms with E-state index in [-0.39, 0.29) is 17.4 Å². The van der Waals surface area contributed by atoms with Crippen LogP contribution in [-0.2, 0) is 9.59 Å². The second-order valence-corrected chi connectivity index (χ2v) is 10.1. The number of hydrogen-bond acceptors (Lipinski definition) is 7. The van der Waals surface area contributed by atoms with Crippen LogP contribution in [0.5, 0.6) is 17.2 Å². The number of rotatable bonds is 12. The van der Waals surface area contributed by atoms with E-state index in [1.54, 1.807) is 104 Å². The first kappa shape index (κ1) is 30.7. The van der Waals surface area contributed by atoms with Crippen molar-refractivity contribution in [2.24, 2.45) is 0 Å². The maximum atomic E-state index is 13.5. The maximum Gasteiger partial charge on any atom is 0.272 e. The average molecular weight is 598 g/mol. The predicted octanol–water partition coefficient (Wildman–Crippen LogP) is 5.85. The highest BCUT2D eigenvalue weighted by Crippen LogP contribution is 2.29. The van der Waals surface area contributed by atoms with E-state index in [2.05, 4.69) is 16.0 Å². The molecule has 0 saturated heterocycles. The maximum absolute atomic E-state index is 13.5. The number of anilines is 2. The summed E-state index contributed by atoms with van der Waals surface area (Å²) in [7, 11) is 4.63. The molecule has 0 aliphatic rings. The fourth-order valence-corrected chi connectivity index (χ4v) is 4.69. The molecule has 0 heterocycles. The van der Waals surface area contributed by atoms with Crippen molar-refractivity contribution in [2.75, 3.05) is 37.7 Å². The summed E-state index contributed by atoms with van der Waals surface area (Å²) < 4.78 is 15.8. The van der Waals surface area contributed by atoms with Crippen LogP contribution in [0.3, 0.4) is 0 Å². The average Bonchev–Trinajstić information content (AvgIpc) is 3.04. The standard InChI is InChI=1S/C33H31N3O6S/c1-40-26-15-13-24(14-16-26)34-31(37)21-43-27-11-7-10-25(20-27)35-33(39)28(36-32(38)23-8-5-4-6-9-23)18-22-12-17-29(41-2)30(19-22)42-3/h4-20H,21H2,1-3H3,(H,34,37)(H,35,39)(H,36,38)/b28-18+. The predicted molar refractivity (Wildman–Crippen MR) is 169 cm³/mol. The number of carbonyl (C=O) groups excluding carboxylic acids is 3. The van der Waals surface area contributed by atoms with Gasteiger partial charge < -0.3 is 30.2 Å². The van der Waals surface area contributed by atoms with Gasteiger partial charge in [0.2, 0.25) is 5.91 Å². The summed E-state index contributed by atoms with van der Waals surface area (Å²) >= 11 is 1.33. The van der Waals surface area contributed by atoms with Crippen molar-refractivity contribution in [3.05, 3.63) is 114 Å². The lowest BCUT2D eigenvalue weighted by Gasteiger charge is -2.13. The van der Waals surface area contributed by atoms with Gasteiger partial charge in [-0.2, -0.15) is 0 Å². The van der Waals surface area contributed by atoms with Crippen LogP contribution in [0.4, 0.5) is 11.4 Å². The molecule has 0 saturated carbocycles. The van der Waals surface area contributed by atoms with Gasteiger partial charge in [-0.1, -0.05) is 30.3 Å². The van der Waals surface area contributed by atoms with Crippen molar-refractivity contribution < 1.29 is 28.6 Å². The normalized spacial score (nSPS) is 10.8. The Labute approximate surface area is 254 Å². The molecule has 4 aromatic rings. The molecule has 0 unspecified atom stereocenters. The van der Waals surface area contributed by atoms with Gasteiger partial charge in [-0.05, 0) is 78.4 Å². The molecule has 0 spiro atoms. The van der Waals surface area contributed by atoms with Crippen LogP contribution in [0.1, 0.15) is 15.9 Å². The fourth-order valence-electron chi connectivity index (χ4n) is 3.93. The summed E-state index contributed by atoms with van der Waals surface area (Å²) in [6, 6.07) is 28.0. The Hall–Kier alpha value is -5.22. The minimum absolute atomic E-state index is 0.0259. The minimum Gasteiger partial charge on any atom is -0.497 e. The Kier molecular flexibility index (Phi) is 10.8. The molecular weight excluding hydrogens is 566 g/mol. The van der Waals surface area contributed by atoms with Gasteiger partial charge in [-0.3, -0.25) is 14.4 Å². The van der Waals surface area contributed by atoms with E-state index < -0.39 is 11.8 Å². The van der Waals surface area contributed by atoms with Crippen LogP contribution in [0, 0.1) is 0 Å². The van der Waals surface area contributed by atoms with E-state index in [4.69, 9.17) is 14.2 Å². The number of benzene rings is 4. The molecule has 10 heteroatoms. The minimum atomic E-state index is -0.529. The molecule has 4 rings (SSSR count). The SMILES string of the molecule is COc1ccc(NC(=O)CSc2cccc(NC(=O)/C(=C\c3ccc(OC)c(OC)c3)NC(=O)c3ccccc3)c2)cc1. The molecule has 3 amide bonds. The molecule has 0 aliphatic carbocycles. The van der Waals surface area contributed by atoms with Gasteiger partial charge in [0.05, 0.1) is 27.1 Å². The smallest absolute Gasteiger partial charge is 0.272 e. The lowest BCUT2D eigenvalue weighted by atomic mass is 10.1. The monoisotopic (exact) mass is 597 g/mol. The Balaban J connectivity index is 1.48. The van der Waals surface area contributed by atoms with Crippen molar-refractivity contribution in [1.82, 2.24) is 5.32 Å². The van der Waals surface area contributed by atoms with Gasteiger partial charge in [-0.25, -0.2) is 0 Å². The molecular formula is C33H31N3O6S. The molecule has 220 valence electrons. The van der Waals surface area contributed by atoms with Crippen molar-refractivity contribution >= 4 is 46.9 Å². The number of hydrogen-bond donors (Lipinski definition) is 3.